The summed E-state index contributed by atoms with van der Waals surface area (Å²) >= 11 is 1.50. The first-order valence-corrected chi connectivity index (χ1v) is 11.9. The molecule has 3 aromatic rings. The predicted octanol–water partition coefficient (Wildman–Crippen LogP) is 3.88. The number of rotatable bonds is 6. The van der Waals surface area contributed by atoms with Crippen molar-refractivity contribution < 1.29 is 13.6 Å². The second-order valence-electron chi connectivity index (χ2n) is 8.68. The minimum absolute atomic E-state index is 0.0235. The van der Waals surface area contributed by atoms with Crippen LogP contribution in [0.3, 0.4) is 0 Å². The Morgan fingerprint density at radius 1 is 1.15 bits per heavy atom. The van der Waals surface area contributed by atoms with Crippen LogP contribution in [-0.2, 0) is 0 Å². The number of alkyl halides is 2. The SMILES string of the molecule is Cc1nnc(-c2cnc3cnc(NC(=O)N4C5CCC4CC(NC(CF)CF)C5)cc3c2)s1. The summed E-state index contributed by atoms with van der Waals surface area (Å²) in [5.74, 6) is 0.453. The Balaban J connectivity index is 1.29. The van der Waals surface area contributed by atoms with Gasteiger partial charge in [0.2, 0.25) is 0 Å². The van der Waals surface area contributed by atoms with Crippen LogP contribution in [0.15, 0.2) is 24.5 Å². The molecule has 2 saturated heterocycles. The lowest BCUT2D eigenvalue weighted by Gasteiger charge is -2.39. The molecule has 33 heavy (non-hydrogen) atoms. The summed E-state index contributed by atoms with van der Waals surface area (Å²) in [5, 5.41) is 16.7. The number of hydrogen-bond donors (Lipinski definition) is 2. The summed E-state index contributed by atoms with van der Waals surface area (Å²) in [6.45, 7) is 0.449. The van der Waals surface area contributed by atoms with Crippen molar-refractivity contribution in [2.75, 3.05) is 18.7 Å². The van der Waals surface area contributed by atoms with E-state index in [0.29, 0.717) is 18.7 Å². The third-order valence-electron chi connectivity index (χ3n) is 6.39. The summed E-state index contributed by atoms with van der Waals surface area (Å²) in [4.78, 5) is 23.8. The summed E-state index contributed by atoms with van der Waals surface area (Å²) in [6.07, 6.45) is 6.56. The van der Waals surface area contributed by atoms with E-state index in [2.05, 4.69) is 30.8 Å². The number of piperidine rings is 1. The molecule has 2 atom stereocenters. The van der Waals surface area contributed by atoms with Crippen LogP contribution >= 0.6 is 11.3 Å². The van der Waals surface area contributed by atoms with Crippen molar-refractivity contribution in [2.45, 2.75) is 56.8 Å². The van der Waals surface area contributed by atoms with Crippen LogP contribution in [0, 0.1) is 6.92 Å². The van der Waals surface area contributed by atoms with E-state index in [-0.39, 0.29) is 24.2 Å². The first-order chi connectivity index (χ1) is 16.0. The van der Waals surface area contributed by atoms with Crippen molar-refractivity contribution in [2.24, 2.45) is 0 Å². The number of halogens is 2. The molecule has 8 nitrogen and oxygen atoms in total. The molecule has 5 heterocycles. The summed E-state index contributed by atoms with van der Waals surface area (Å²) in [6, 6.07) is 2.94. The Morgan fingerprint density at radius 2 is 1.91 bits per heavy atom. The van der Waals surface area contributed by atoms with Gasteiger partial charge in [0.25, 0.3) is 0 Å². The van der Waals surface area contributed by atoms with Crippen molar-refractivity contribution >= 4 is 34.1 Å². The number of carbonyl (C=O) groups excluding carboxylic acids is 1. The van der Waals surface area contributed by atoms with Gasteiger partial charge in [0, 0.05) is 35.3 Å². The Hall–Kier alpha value is -2.79. The highest BCUT2D eigenvalue weighted by Crippen LogP contribution is 2.36. The van der Waals surface area contributed by atoms with Crippen LogP contribution < -0.4 is 10.6 Å². The highest BCUT2D eigenvalue weighted by Gasteiger charge is 2.43. The number of anilines is 1. The molecule has 0 spiro atoms. The van der Waals surface area contributed by atoms with Crippen molar-refractivity contribution in [3.05, 3.63) is 29.5 Å². The Labute approximate surface area is 193 Å². The van der Waals surface area contributed by atoms with E-state index in [1.165, 1.54) is 11.3 Å². The van der Waals surface area contributed by atoms with Gasteiger partial charge in [-0.05, 0) is 44.7 Å². The Bertz CT molecular complexity index is 1140. The van der Waals surface area contributed by atoms with E-state index in [1.807, 2.05) is 17.9 Å². The van der Waals surface area contributed by atoms with Crippen LogP contribution in [0.4, 0.5) is 19.4 Å². The molecule has 2 amide bonds. The number of nitrogens with one attached hydrogen (secondary N) is 2. The van der Waals surface area contributed by atoms with Crippen LogP contribution in [0.2, 0.25) is 0 Å². The van der Waals surface area contributed by atoms with Crippen LogP contribution in [0.5, 0.6) is 0 Å². The van der Waals surface area contributed by atoms with Gasteiger partial charge in [-0.25, -0.2) is 18.6 Å². The highest BCUT2D eigenvalue weighted by atomic mass is 32.1. The fourth-order valence-electron chi connectivity index (χ4n) is 4.91. The maximum absolute atomic E-state index is 13.1. The topological polar surface area (TPSA) is 95.9 Å². The third kappa shape index (κ3) is 4.51. The highest BCUT2D eigenvalue weighted by molar-refractivity contribution is 7.14. The number of aromatic nitrogens is 4. The fraction of sp³-hybridized carbons (Fsp3) is 0.500. The number of pyridine rings is 2. The fourth-order valence-corrected chi connectivity index (χ4v) is 5.58. The zero-order chi connectivity index (χ0) is 22.9. The van der Waals surface area contributed by atoms with Gasteiger partial charge in [-0.1, -0.05) is 11.3 Å². The van der Waals surface area contributed by atoms with Crippen molar-refractivity contribution in [3.63, 3.8) is 0 Å². The van der Waals surface area contributed by atoms with Crippen molar-refractivity contribution in [3.8, 4) is 10.6 Å². The van der Waals surface area contributed by atoms with Crippen LogP contribution in [-0.4, -0.2) is 68.6 Å². The van der Waals surface area contributed by atoms with Gasteiger partial charge in [-0.3, -0.25) is 10.3 Å². The van der Waals surface area contributed by atoms with E-state index >= 15 is 0 Å². The van der Waals surface area contributed by atoms with Crippen LogP contribution in [0.1, 0.15) is 30.7 Å². The minimum atomic E-state index is -0.765. The molecule has 2 aliphatic rings. The van der Waals surface area contributed by atoms with Gasteiger partial charge < -0.3 is 10.2 Å². The number of aryl methyl sites for hydroxylation is 1. The second kappa shape index (κ2) is 9.22. The zero-order valence-electron chi connectivity index (χ0n) is 18.2. The van der Waals surface area contributed by atoms with E-state index in [9.17, 15) is 13.6 Å². The molecular formula is C22H25F2N7OS. The second-order valence-corrected chi connectivity index (χ2v) is 9.86. The van der Waals surface area contributed by atoms with Gasteiger partial charge in [0.15, 0.2) is 0 Å². The molecule has 0 radical (unpaired) electrons. The monoisotopic (exact) mass is 473 g/mol. The normalized spacial score (nSPS) is 22.3. The summed E-state index contributed by atoms with van der Waals surface area (Å²) in [5.41, 5.74) is 1.59. The lowest BCUT2D eigenvalue weighted by molar-refractivity contribution is 0.133. The lowest BCUT2D eigenvalue weighted by atomic mass is 9.97. The van der Waals surface area contributed by atoms with Gasteiger partial charge >= 0.3 is 6.03 Å². The molecule has 0 aromatic carbocycles. The molecule has 2 fully saturated rings. The smallest absolute Gasteiger partial charge is 0.318 e. The van der Waals surface area contributed by atoms with Crippen molar-refractivity contribution in [1.29, 1.82) is 0 Å². The van der Waals surface area contributed by atoms with E-state index < -0.39 is 19.4 Å². The molecule has 2 unspecified atom stereocenters. The lowest BCUT2D eigenvalue weighted by Crippen LogP contribution is -2.54. The summed E-state index contributed by atoms with van der Waals surface area (Å²) < 4.78 is 25.8. The number of urea groups is 1. The number of amides is 2. The number of carbonyl (C=O) groups is 1. The zero-order valence-corrected chi connectivity index (χ0v) is 19.0. The van der Waals surface area contributed by atoms with E-state index in [4.69, 9.17) is 0 Å². The molecule has 174 valence electrons. The minimum Gasteiger partial charge on any atom is -0.318 e. The molecule has 2 N–H and O–H groups in total. The number of nitrogens with zero attached hydrogens (tertiary/aromatic N) is 5. The van der Waals surface area contributed by atoms with Crippen molar-refractivity contribution in [1.82, 2.24) is 30.4 Å². The van der Waals surface area contributed by atoms with Gasteiger partial charge in [0.05, 0.1) is 17.8 Å². The maximum atomic E-state index is 13.1. The Morgan fingerprint density at radius 3 is 2.58 bits per heavy atom. The molecule has 0 aliphatic carbocycles. The predicted molar refractivity (Wildman–Crippen MR) is 123 cm³/mol. The molecular weight excluding hydrogens is 448 g/mol. The Kier molecular flexibility index (Phi) is 6.15. The molecule has 3 aromatic heterocycles. The number of hydrogen-bond acceptors (Lipinski definition) is 7. The maximum Gasteiger partial charge on any atom is 0.323 e. The molecule has 11 heteroatoms. The largest absolute Gasteiger partial charge is 0.323 e. The molecule has 2 aliphatic heterocycles. The quantitative estimate of drug-likeness (QED) is 0.564. The average molecular weight is 474 g/mol. The van der Waals surface area contributed by atoms with E-state index in [1.54, 1.807) is 18.5 Å². The molecule has 2 bridgehead atoms. The number of fused-ring (bicyclic) bond motifs is 3. The standard InChI is InChI=1S/C22H25F2N7OS/c1-12-29-30-21(33-12)14-4-13-5-20(26-11-19(13)25-10-14)28-22(32)31-17-2-3-18(31)7-15(6-17)27-16(8-23)9-24/h4-5,10-11,15-18,27H,2-3,6-9H2,1H3,(H,26,28,32). The first kappa shape index (κ1) is 22.0. The average Bonchev–Trinajstić information content (AvgIpc) is 3.37. The first-order valence-electron chi connectivity index (χ1n) is 11.1. The van der Waals surface area contributed by atoms with E-state index in [0.717, 1.165) is 39.3 Å². The summed E-state index contributed by atoms with van der Waals surface area (Å²) in [7, 11) is 0. The van der Waals surface area contributed by atoms with Gasteiger partial charge in [-0.2, -0.15) is 0 Å². The molecule has 0 saturated carbocycles. The van der Waals surface area contributed by atoms with Gasteiger partial charge in [0.1, 0.15) is 29.2 Å². The van der Waals surface area contributed by atoms with Gasteiger partial charge in [-0.15, -0.1) is 10.2 Å². The van der Waals surface area contributed by atoms with Crippen LogP contribution in [0.25, 0.3) is 21.5 Å². The third-order valence-corrected chi connectivity index (χ3v) is 7.27. The molecule has 5 rings (SSSR count).